The molecule has 0 bridgehead atoms. The summed E-state index contributed by atoms with van der Waals surface area (Å²) in [4.78, 5) is 10.9. The Kier molecular flexibility index (Phi) is 4.56. The van der Waals surface area contributed by atoms with Gasteiger partial charge in [0.25, 0.3) is 5.70 Å². The third kappa shape index (κ3) is 3.20. The number of ether oxygens (including phenoxy) is 2. The molecule has 0 unspecified atom stereocenters. The van der Waals surface area contributed by atoms with E-state index in [4.69, 9.17) is 9.47 Å². The van der Waals surface area contributed by atoms with Crippen LogP contribution >= 0.6 is 0 Å². The van der Waals surface area contributed by atoms with E-state index in [1.807, 2.05) is 6.07 Å². The van der Waals surface area contributed by atoms with E-state index in [1.165, 1.54) is 20.3 Å². The topological polar surface area (TPSA) is 61.6 Å². The molecule has 0 N–H and O–H groups in total. The Morgan fingerprint density at radius 1 is 1.05 bits per heavy atom. The quantitative estimate of drug-likeness (QED) is 0.479. The molecule has 21 heavy (non-hydrogen) atoms. The van der Waals surface area contributed by atoms with Crippen molar-refractivity contribution in [2.45, 2.75) is 0 Å². The average Bonchev–Trinajstić information content (AvgIpc) is 2.52. The molecule has 0 aliphatic rings. The predicted octanol–water partition coefficient (Wildman–Crippen LogP) is 3.48. The molecule has 0 aliphatic carbocycles. The van der Waals surface area contributed by atoms with E-state index < -0.39 is 4.92 Å². The van der Waals surface area contributed by atoms with Gasteiger partial charge in [-0.15, -0.1) is 0 Å². The smallest absolute Gasteiger partial charge is 0.277 e. The van der Waals surface area contributed by atoms with Crippen molar-refractivity contribution in [3.05, 3.63) is 69.8 Å². The lowest BCUT2D eigenvalue weighted by molar-refractivity contribution is -0.374. The summed E-state index contributed by atoms with van der Waals surface area (Å²) < 4.78 is 10.5. The predicted molar refractivity (Wildman–Crippen MR) is 80.9 cm³/mol. The fourth-order valence-corrected chi connectivity index (χ4v) is 2.02. The van der Waals surface area contributed by atoms with Crippen LogP contribution in [0.15, 0.2) is 48.5 Å². The normalized spacial score (nSPS) is 11.0. The summed E-state index contributed by atoms with van der Waals surface area (Å²) in [5.41, 5.74) is 1.13. The molecule has 0 aromatic heterocycles. The summed E-state index contributed by atoms with van der Waals surface area (Å²) in [5.74, 6) is 0.997. The zero-order valence-corrected chi connectivity index (χ0v) is 11.8. The Balaban J connectivity index is 2.57. The van der Waals surface area contributed by atoms with Crippen LogP contribution < -0.4 is 9.47 Å². The molecule has 2 aromatic carbocycles. The number of nitrogens with zero attached hydrogens (tertiary/aromatic N) is 1. The Hall–Kier alpha value is -2.82. The SMILES string of the molecule is COc1cccc(C=C(c2ccccc2)[N+](=O)[O-])c1OC. The highest BCUT2D eigenvalue weighted by atomic mass is 16.6. The number of hydrogen-bond acceptors (Lipinski definition) is 4. The van der Waals surface area contributed by atoms with Crippen molar-refractivity contribution in [3.63, 3.8) is 0 Å². The molecule has 0 amide bonds. The minimum absolute atomic E-state index is 0.00199. The van der Waals surface area contributed by atoms with Gasteiger partial charge in [-0.3, -0.25) is 10.1 Å². The number of hydrogen-bond donors (Lipinski definition) is 0. The number of benzene rings is 2. The van der Waals surface area contributed by atoms with E-state index in [0.717, 1.165) is 0 Å². The molecule has 0 radical (unpaired) electrons. The van der Waals surface area contributed by atoms with Gasteiger partial charge in [0.2, 0.25) is 0 Å². The summed E-state index contributed by atoms with van der Waals surface area (Å²) in [7, 11) is 3.03. The molecule has 2 aromatic rings. The second kappa shape index (κ2) is 6.56. The maximum atomic E-state index is 11.3. The molecule has 5 heteroatoms. The van der Waals surface area contributed by atoms with Crippen molar-refractivity contribution in [2.24, 2.45) is 0 Å². The largest absolute Gasteiger partial charge is 0.493 e. The highest BCUT2D eigenvalue weighted by Gasteiger charge is 2.16. The number of rotatable bonds is 5. The second-order valence-corrected chi connectivity index (χ2v) is 4.24. The van der Waals surface area contributed by atoms with Gasteiger partial charge in [0.1, 0.15) is 0 Å². The molecule has 0 saturated heterocycles. The minimum Gasteiger partial charge on any atom is -0.493 e. The fourth-order valence-electron chi connectivity index (χ4n) is 2.02. The molecule has 0 fully saturated rings. The van der Waals surface area contributed by atoms with Gasteiger partial charge in [-0.25, -0.2) is 0 Å². The third-order valence-corrected chi connectivity index (χ3v) is 2.99. The van der Waals surface area contributed by atoms with Gasteiger partial charge in [0.15, 0.2) is 11.5 Å². The third-order valence-electron chi connectivity index (χ3n) is 2.99. The Morgan fingerprint density at radius 3 is 2.33 bits per heavy atom. The van der Waals surface area contributed by atoms with Crippen molar-refractivity contribution >= 4 is 11.8 Å². The maximum absolute atomic E-state index is 11.3. The number of nitro groups is 1. The summed E-state index contributed by atoms with van der Waals surface area (Å²) in [6.45, 7) is 0. The zero-order chi connectivity index (χ0) is 15.2. The van der Waals surface area contributed by atoms with Gasteiger partial charge in [-0.05, 0) is 18.2 Å². The summed E-state index contributed by atoms with van der Waals surface area (Å²) in [6, 6.07) is 14.0. The molecule has 108 valence electrons. The standard InChI is InChI=1S/C16H15NO4/c1-20-15-10-6-9-13(16(15)21-2)11-14(17(18)19)12-7-4-3-5-8-12/h3-11H,1-2H3. The van der Waals surface area contributed by atoms with Gasteiger partial charge in [-0.2, -0.15) is 0 Å². The zero-order valence-electron chi connectivity index (χ0n) is 11.8. The van der Waals surface area contributed by atoms with Crippen LogP contribution in [0.25, 0.3) is 11.8 Å². The molecule has 0 aliphatic heterocycles. The van der Waals surface area contributed by atoms with Crippen molar-refractivity contribution in [1.82, 2.24) is 0 Å². The highest BCUT2D eigenvalue weighted by Crippen LogP contribution is 2.33. The Morgan fingerprint density at radius 2 is 1.76 bits per heavy atom. The van der Waals surface area contributed by atoms with Crippen LogP contribution in [0.4, 0.5) is 0 Å². The summed E-state index contributed by atoms with van der Waals surface area (Å²) >= 11 is 0. The van der Waals surface area contributed by atoms with E-state index in [-0.39, 0.29) is 5.70 Å². The first-order valence-electron chi connectivity index (χ1n) is 6.30. The van der Waals surface area contributed by atoms with Crippen LogP contribution in [0.3, 0.4) is 0 Å². The second-order valence-electron chi connectivity index (χ2n) is 4.24. The maximum Gasteiger partial charge on any atom is 0.277 e. The van der Waals surface area contributed by atoms with Gasteiger partial charge in [0.05, 0.1) is 24.7 Å². The van der Waals surface area contributed by atoms with Crippen molar-refractivity contribution < 1.29 is 14.4 Å². The summed E-state index contributed by atoms with van der Waals surface area (Å²) in [5, 5.41) is 11.3. The first-order chi connectivity index (χ1) is 10.2. The first kappa shape index (κ1) is 14.6. The fraction of sp³-hybridized carbons (Fsp3) is 0.125. The summed E-state index contributed by atoms with van der Waals surface area (Å²) in [6.07, 6.45) is 1.48. The highest BCUT2D eigenvalue weighted by molar-refractivity contribution is 5.79. The number of para-hydroxylation sites is 1. The average molecular weight is 285 g/mol. The Labute approximate surface area is 122 Å². The molecule has 0 heterocycles. The molecular formula is C16H15NO4. The molecule has 2 rings (SSSR count). The lowest BCUT2D eigenvalue weighted by Gasteiger charge is -2.10. The van der Waals surface area contributed by atoms with Crippen molar-refractivity contribution in [3.8, 4) is 11.5 Å². The first-order valence-corrected chi connectivity index (χ1v) is 6.30. The number of methoxy groups -OCH3 is 2. The molecule has 0 saturated carbocycles. The van der Waals surface area contributed by atoms with Crippen LogP contribution in [-0.4, -0.2) is 19.1 Å². The van der Waals surface area contributed by atoms with Crippen LogP contribution in [0.5, 0.6) is 11.5 Å². The van der Waals surface area contributed by atoms with Gasteiger partial charge in [-0.1, -0.05) is 30.3 Å². The van der Waals surface area contributed by atoms with Crippen molar-refractivity contribution in [2.75, 3.05) is 14.2 Å². The monoisotopic (exact) mass is 285 g/mol. The molecular weight excluding hydrogens is 270 g/mol. The van der Waals surface area contributed by atoms with Crippen LogP contribution in [0.2, 0.25) is 0 Å². The van der Waals surface area contributed by atoms with Crippen LogP contribution in [0.1, 0.15) is 11.1 Å². The van der Waals surface area contributed by atoms with Gasteiger partial charge >= 0.3 is 0 Å². The minimum atomic E-state index is -0.408. The lowest BCUT2D eigenvalue weighted by atomic mass is 10.1. The van der Waals surface area contributed by atoms with Crippen LogP contribution in [-0.2, 0) is 0 Å². The molecule has 0 spiro atoms. The molecule has 0 atom stereocenters. The van der Waals surface area contributed by atoms with E-state index in [2.05, 4.69) is 0 Å². The van der Waals surface area contributed by atoms with Gasteiger partial charge in [0, 0.05) is 11.6 Å². The van der Waals surface area contributed by atoms with Crippen LogP contribution in [0, 0.1) is 10.1 Å². The van der Waals surface area contributed by atoms with E-state index in [0.29, 0.717) is 22.6 Å². The Bertz CT molecular complexity index is 665. The van der Waals surface area contributed by atoms with Gasteiger partial charge < -0.3 is 9.47 Å². The van der Waals surface area contributed by atoms with E-state index in [9.17, 15) is 10.1 Å². The van der Waals surface area contributed by atoms with E-state index in [1.54, 1.807) is 42.5 Å². The van der Waals surface area contributed by atoms with Crippen molar-refractivity contribution in [1.29, 1.82) is 0 Å². The van der Waals surface area contributed by atoms with E-state index >= 15 is 0 Å². The molecule has 5 nitrogen and oxygen atoms in total. The lowest BCUT2D eigenvalue weighted by Crippen LogP contribution is -1.99.